The van der Waals surface area contributed by atoms with Gasteiger partial charge in [0, 0.05) is 31.8 Å². The highest BCUT2D eigenvalue weighted by Crippen LogP contribution is 2.50. The van der Waals surface area contributed by atoms with Gasteiger partial charge in [-0.05, 0) is 37.0 Å². The third-order valence-corrected chi connectivity index (χ3v) is 4.88. The number of nitrogens with zero attached hydrogens (tertiary/aromatic N) is 1. The molecular formula is C17H22ClNO3. The van der Waals surface area contributed by atoms with E-state index in [2.05, 4.69) is 0 Å². The van der Waals surface area contributed by atoms with Gasteiger partial charge in [0.1, 0.15) is 0 Å². The summed E-state index contributed by atoms with van der Waals surface area (Å²) in [5, 5.41) is 0.706. The number of carbonyl (C=O) groups excluding carboxylic acids is 1. The Bertz CT molecular complexity index is 527. The first kappa shape index (κ1) is 15.8. The van der Waals surface area contributed by atoms with E-state index in [1.165, 1.54) is 0 Å². The van der Waals surface area contributed by atoms with E-state index in [1.807, 2.05) is 29.2 Å². The number of amides is 1. The van der Waals surface area contributed by atoms with E-state index in [9.17, 15) is 4.79 Å². The molecule has 0 N–H and O–H groups in total. The predicted molar refractivity (Wildman–Crippen MR) is 85.2 cm³/mol. The van der Waals surface area contributed by atoms with Crippen molar-refractivity contribution in [2.75, 3.05) is 33.4 Å². The lowest BCUT2D eigenvalue weighted by Gasteiger charge is -2.35. The Labute approximate surface area is 136 Å². The maximum absolute atomic E-state index is 13.0. The van der Waals surface area contributed by atoms with Gasteiger partial charge in [0.15, 0.2) is 0 Å². The fourth-order valence-electron chi connectivity index (χ4n) is 3.15. The van der Waals surface area contributed by atoms with Gasteiger partial charge in [-0.15, -0.1) is 0 Å². The van der Waals surface area contributed by atoms with Crippen molar-refractivity contribution in [1.29, 1.82) is 0 Å². The summed E-state index contributed by atoms with van der Waals surface area (Å²) < 4.78 is 10.8. The lowest BCUT2D eigenvalue weighted by molar-refractivity contribution is -0.142. The van der Waals surface area contributed by atoms with E-state index >= 15 is 0 Å². The van der Waals surface area contributed by atoms with Gasteiger partial charge in [0.2, 0.25) is 5.91 Å². The summed E-state index contributed by atoms with van der Waals surface area (Å²) >= 11 is 5.95. The zero-order valence-electron chi connectivity index (χ0n) is 12.9. The first-order valence-corrected chi connectivity index (χ1v) is 8.19. The Morgan fingerprint density at radius 2 is 2.14 bits per heavy atom. The summed E-state index contributed by atoms with van der Waals surface area (Å²) in [5.41, 5.74) is 0.759. The van der Waals surface area contributed by atoms with Crippen molar-refractivity contribution in [3.05, 3.63) is 34.9 Å². The van der Waals surface area contributed by atoms with Gasteiger partial charge in [0.25, 0.3) is 0 Å². The normalized spacial score (nSPS) is 23.4. The molecule has 1 saturated carbocycles. The van der Waals surface area contributed by atoms with Crippen LogP contribution < -0.4 is 0 Å². The Balaban J connectivity index is 1.69. The summed E-state index contributed by atoms with van der Waals surface area (Å²) in [4.78, 5) is 15.0. The molecule has 1 aliphatic carbocycles. The van der Waals surface area contributed by atoms with E-state index in [0.29, 0.717) is 31.3 Å². The highest BCUT2D eigenvalue weighted by Gasteiger charge is 2.53. The molecule has 1 aromatic carbocycles. The summed E-state index contributed by atoms with van der Waals surface area (Å²) in [6.07, 6.45) is 2.76. The van der Waals surface area contributed by atoms with Crippen LogP contribution in [0.5, 0.6) is 0 Å². The lowest BCUT2D eigenvalue weighted by atomic mass is 9.94. The van der Waals surface area contributed by atoms with Crippen LogP contribution in [-0.2, 0) is 19.7 Å². The Kier molecular flexibility index (Phi) is 4.71. The minimum atomic E-state index is -0.326. The maximum Gasteiger partial charge on any atom is 0.233 e. The van der Waals surface area contributed by atoms with Crippen LogP contribution in [0.2, 0.25) is 5.02 Å². The van der Waals surface area contributed by atoms with Gasteiger partial charge in [-0.1, -0.05) is 23.7 Å². The smallest absolute Gasteiger partial charge is 0.233 e. The SMILES string of the molecule is COCC[C@H]1CN(C(=O)C2(c3ccc(Cl)cc3)CC2)CCO1. The van der Waals surface area contributed by atoms with Crippen LogP contribution in [0.1, 0.15) is 24.8 Å². The molecule has 1 amide bonds. The molecule has 0 spiro atoms. The van der Waals surface area contributed by atoms with E-state index < -0.39 is 0 Å². The zero-order valence-corrected chi connectivity index (χ0v) is 13.6. The fraction of sp³-hybridized carbons (Fsp3) is 0.588. The maximum atomic E-state index is 13.0. The minimum absolute atomic E-state index is 0.0821. The standard InChI is InChI=1S/C17H22ClNO3/c1-21-10-6-15-12-19(9-11-22-15)16(20)17(7-8-17)13-2-4-14(18)5-3-13/h2-5,15H,6-12H2,1H3/t15-/m0/s1. The van der Waals surface area contributed by atoms with Crippen LogP contribution in [0.25, 0.3) is 0 Å². The van der Waals surface area contributed by atoms with E-state index in [4.69, 9.17) is 21.1 Å². The lowest BCUT2D eigenvalue weighted by Crippen LogP contribution is -2.49. The molecule has 2 aliphatic rings. The van der Waals surface area contributed by atoms with Gasteiger partial charge in [-0.3, -0.25) is 4.79 Å². The summed E-state index contributed by atoms with van der Waals surface area (Å²) in [6.45, 7) is 2.61. The molecule has 1 aromatic rings. The van der Waals surface area contributed by atoms with Crippen molar-refractivity contribution >= 4 is 17.5 Å². The van der Waals surface area contributed by atoms with Crippen LogP contribution in [0, 0.1) is 0 Å². The quantitative estimate of drug-likeness (QED) is 0.836. The molecule has 0 radical (unpaired) electrons. The molecule has 4 nitrogen and oxygen atoms in total. The second-order valence-corrected chi connectivity index (χ2v) is 6.55. The number of morpholine rings is 1. The number of hydrogen-bond donors (Lipinski definition) is 0. The summed E-state index contributed by atoms with van der Waals surface area (Å²) in [7, 11) is 1.69. The van der Waals surface area contributed by atoms with E-state index in [0.717, 1.165) is 24.8 Å². The molecule has 120 valence electrons. The average molecular weight is 324 g/mol. The molecular weight excluding hydrogens is 302 g/mol. The Morgan fingerprint density at radius 1 is 1.41 bits per heavy atom. The second kappa shape index (κ2) is 6.57. The monoisotopic (exact) mass is 323 g/mol. The number of methoxy groups -OCH3 is 1. The summed E-state index contributed by atoms with van der Waals surface area (Å²) in [5.74, 6) is 0.237. The molecule has 2 fully saturated rings. The highest BCUT2D eigenvalue weighted by molar-refractivity contribution is 6.30. The molecule has 5 heteroatoms. The molecule has 1 heterocycles. The van der Waals surface area contributed by atoms with Crippen molar-refractivity contribution in [1.82, 2.24) is 4.90 Å². The number of benzene rings is 1. The van der Waals surface area contributed by atoms with Crippen molar-refractivity contribution < 1.29 is 14.3 Å². The van der Waals surface area contributed by atoms with Crippen molar-refractivity contribution in [2.45, 2.75) is 30.8 Å². The molecule has 22 heavy (non-hydrogen) atoms. The zero-order chi connectivity index (χ0) is 15.6. The van der Waals surface area contributed by atoms with Crippen molar-refractivity contribution in [2.24, 2.45) is 0 Å². The number of halogens is 1. The van der Waals surface area contributed by atoms with Crippen LogP contribution in [0.3, 0.4) is 0 Å². The fourth-order valence-corrected chi connectivity index (χ4v) is 3.28. The number of rotatable bonds is 5. The van der Waals surface area contributed by atoms with Gasteiger partial charge in [-0.2, -0.15) is 0 Å². The van der Waals surface area contributed by atoms with Crippen molar-refractivity contribution in [3.8, 4) is 0 Å². The van der Waals surface area contributed by atoms with Crippen LogP contribution >= 0.6 is 11.6 Å². The van der Waals surface area contributed by atoms with Crippen molar-refractivity contribution in [3.63, 3.8) is 0 Å². The second-order valence-electron chi connectivity index (χ2n) is 6.11. The minimum Gasteiger partial charge on any atom is -0.385 e. The Hall–Kier alpha value is -1.10. The van der Waals surface area contributed by atoms with E-state index in [-0.39, 0.29) is 17.4 Å². The third-order valence-electron chi connectivity index (χ3n) is 4.63. The number of carbonyl (C=O) groups is 1. The average Bonchev–Trinajstić information content (AvgIpc) is 3.35. The largest absolute Gasteiger partial charge is 0.385 e. The molecule has 1 aliphatic heterocycles. The van der Waals surface area contributed by atoms with Gasteiger partial charge in [0.05, 0.1) is 18.1 Å². The van der Waals surface area contributed by atoms with Gasteiger partial charge < -0.3 is 14.4 Å². The first-order chi connectivity index (χ1) is 10.7. The van der Waals surface area contributed by atoms with Gasteiger partial charge in [-0.25, -0.2) is 0 Å². The third kappa shape index (κ3) is 3.14. The molecule has 0 bridgehead atoms. The predicted octanol–water partition coefficient (Wildman–Crippen LogP) is 2.64. The number of ether oxygens (including phenoxy) is 2. The number of hydrogen-bond acceptors (Lipinski definition) is 3. The van der Waals surface area contributed by atoms with Gasteiger partial charge >= 0.3 is 0 Å². The van der Waals surface area contributed by atoms with Crippen LogP contribution in [0.15, 0.2) is 24.3 Å². The highest BCUT2D eigenvalue weighted by atomic mass is 35.5. The summed E-state index contributed by atoms with van der Waals surface area (Å²) in [6, 6.07) is 7.70. The molecule has 0 aromatic heterocycles. The molecule has 1 atom stereocenters. The van der Waals surface area contributed by atoms with E-state index in [1.54, 1.807) is 7.11 Å². The van der Waals surface area contributed by atoms with Crippen LogP contribution in [-0.4, -0.2) is 50.3 Å². The van der Waals surface area contributed by atoms with Crippen LogP contribution in [0.4, 0.5) is 0 Å². The first-order valence-electron chi connectivity index (χ1n) is 7.82. The Morgan fingerprint density at radius 3 is 2.77 bits per heavy atom. The molecule has 0 unspecified atom stereocenters. The molecule has 1 saturated heterocycles. The topological polar surface area (TPSA) is 38.8 Å². The molecule has 3 rings (SSSR count).